The van der Waals surface area contributed by atoms with Crippen molar-refractivity contribution in [2.75, 3.05) is 18.1 Å². The van der Waals surface area contributed by atoms with E-state index >= 15 is 0 Å². The number of nitrogens with zero attached hydrogens (tertiary/aromatic N) is 2. The van der Waals surface area contributed by atoms with Crippen LogP contribution in [-0.2, 0) is 14.3 Å². The van der Waals surface area contributed by atoms with Crippen molar-refractivity contribution in [2.45, 2.75) is 25.6 Å². The molecular weight excluding hydrogens is 360 g/mol. The molecule has 0 aliphatic carbocycles. The second kappa shape index (κ2) is 8.91. The van der Waals surface area contributed by atoms with Gasteiger partial charge in [0.1, 0.15) is 6.61 Å². The molecule has 0 N–H and O–H groups in total. The Labute approximate surface area is 163 Å². The molecule has 2 atom stereocenters. The van der Waals surface area contributed by atoms with Crippen molar-refractivity contribution in [3.63, 3.8) is 0 Å². The Kier molecular flexibility index (Phi) is 6.12. The number of carbonyl (C=O) groups excluding carboxylic acids is 2. The van der Waals surface area contributed by atoms with E-state index in [1.165, 1.54) is 11.8 Å². The second-order valence-corrected chi connectivity index (χ2v) is 6.18. The van der Waals surface area contributed by atoms with Crippen molar-refractivity contribution in [1.82, 2.24) is 0 Å². The van der Waals surface area contributed by atoms with Crippen LogP contribution < -0.4 is 14.4 Å². The van der Waals surface area contributed by atoms with Crippen molar-refractivity contribution < 1.29 is 23.8 Å². The summed E-state index contributed by atoms with van der Waals surface area (Å²) in [5.74, 6) is -0.0763. The maximum atomic E-state index is 12.8. The van der Waals surface area contributed by atoms with Gasteiger partial charge >= 0.3 is 5.97 Å². The molecule has 2 unspecified atom stereocenters. The highest BCUT2D eigenvalue weighted by Crippen LogP contribution is 2.31. The molecule has 0 fully saturated rings. The van der Waals surface area contributed by atoms with Crippen LogP contribution in [0.3, 0.4) is 0 Å². The molecule has 1 amide bonds. The molecule has 2 aromatic rings. The summed E-state index contributed by atoms with van der Waals surface area (Å²) in [5, 5.41) is 8.87. The van der Waals surface area contributed by atoms with Gasteiger partial charge in [0.25, 0.3) is 5.91 Å². The zero-order valence-corrected chi connectivity index (χ0v) is 15.4. The van der Waals surface area contributed by atoms with Crippen molar-refractivity contribution >= 4 is 17.6 Å². The molecule has 0 saturated carbocycles. The number of hydrogen-bond acceptors (Lipinski definition) is 6. The van der Waals surface area contributed by atoms with E-state index < -0.39 is 24.1 Å². The highest BCUT2D eigenvalue weighted by molar-refractivity contribution is 5.97. The number of amides is 1. The van der Waals surface area contributed by atoms with Gasteiger partial charge in [-0.15, -0.1) is 0 Å². The van der Waals surface area contributed by atoms with E-state index in [2.05, 4.69) is 0 Å². The molecule has 2 aromatic carbocycles. The van der Waals surface area contributed by atoms with Crippen molar-refractivity contribution in [1.29, 1.82) is 5.26 Å². The van der Waals surface area contributed by atoms with Crippen LogP contribution in [0.25, 0.3) is 0 Å². The van der Waals surface area contributed by atoms with Crippen molar-refractivity contribution in [3.05, 3.63) is 54.6 Å². The first-order chi connectivity index (χ1) is 13.6. The summed E-state index contributed by atoms with van der Waals surface area (Å²) in [4.78, 5) is 26.7. The van der Waals surface area contributed by atoms with Crippen LogP contribution in [0.1, 0.15) is 13.3 Å². The Morgan fingerprint density at radius 1 is 1.18 bits per heavy atom. The van der Waals surface area contributed by atoms with Gasteiger partial charge in [-0.2, -0.15) is 5.26 Å². The van der Waals surface area contributed by atoms with Gasteiger partial charge in [0.05, 0.1) is 12.5 Å². The Morgan fingerprint density at radius 3 is 2.57 bits per heavy atom. The third-order valence-electron chi connectivity index (χ3n) is 4.19. The van der Waals surface area contributed by atoms with Crippen molar-refractivity contribution in [3.8, 4) is 17.6 Å². The van der Waals surface area contributed by atoms with Crippen LogP contribution in [0.15, 0.2) is 54.6 Å². The molecule has 7 heteroatoms. The number of esters is 1. The fourth-order valence-corrected chi connectivity index (χ4v) is 2.79. The predicted octanol–water partition coefficient (Wildman–Crippen LogP) is 2.70. The zero-order chi connectivity index (χ0) is 19.9. The highest BCUT2D eigenvalue weighted by atomic mass is 16.6. The minimum Gasteiger partial charge on any atom is -0.485 e. The Morgan fingerprint density at radius 2 is 1.86 bits per heavy atom. The van der Waals surface area contributed by atoms with Gasteiger partial charge in [-0.1, -0.05) is 30.3 Å². The lowest BCUT2D eigenvalue weighted by atomic mass is 10.2. The van der Waals surface area contributed by atoms with Crippen LogP contribution in [0.5, 0.6) is 11.5 Å². The molecule has 0 bridgehead atoms. The first kappa shape index (κ1) is 19.2. The Hall–Kier alpha value is -3.53. The average molecular weight is 380 g/mol. The molecule has 0 spiro atoms. The van der Waals surface area contributed by atoms with Gasteiger partial charge in [-0.25, -0.2) is 4.79 Å². The SMILES string of the molecule is CC(OC(=O)C1COc2ccccc2O1)C(=O)N(CCC#N)c1ccccc1. The Bertz CT molecular complexity index is 878. The topological polar surface area (TPSA) is 88.9 Å². The molecule has 3 rings (SSSR count). The first-order valence-electron chi connectivity index (χ1n) is 8.92. The van der Waals surface area contributed by atoms with Crippen LogP contribution >= 0.6 is 0 Å². The minimum atomic E-state index is -1.04. The van der Waals surface area contributed by atoms with E-state index in [9.17, 15) is 9.59 Å². The average Bonchev–Trinajstić information content (AvgIpc) is 2.74. The maximum absolute atomic E-state index is 12.8. The van der Waals surface area contributed by atoms with E-state index in [0.717, 1.165) is 0 Å². The molecule has 0 radical (unpaired) electrons. The molecule has 0 aromatic heterocycles. The molecular formula is C21H20N2O5. The van der Waals surface area contributed by atoms with Gasteiger partial charge in [0.15, 0.2) is 17.6 Å². The number of rotatable bonds is 6. The lowest BCUT2D eigenvalue weighted by molar-refractivity contribution is -0.163. The second-order valence-electron chi connectivity index (χ2n) is 6.18. The molecule has 144 valence electrons. The molecule has 1 heterocycles. The molecule has 7 nitrogen and oxygen atoms in total. The molecule has 1 aliphatic heterocycles. The van der Waals surface area contributed by atoms with Crippen molar-refractivity contribution in [2.24, 2.45) is 0 Å². The number of ether oxygens (including phenoxy) is 3. The summed E-state index contributed by atoms with van der Waals surface area (Å²) >= 11 is 0. The van der Waals surface area contributed by atoms with E-state index in [-0.39, 0.29) is 19.6 Å². The largest absolute Gasteiger partial charge is 0.485 e. The summed E-state index contributed by atoms with van der Waals surface area (Å²) in [6.45, 7) is 1.71. The summed E-state index contributed by atoms with van der Waals surface area (Å²) in [5.41, 5.74) is 0.636. The number of nitriles is 1. The summed E-state index contributed by atoms with van der Waals surface area (Å²) < 4.78 is 16.5. The Balaban J connectivity index is 1.65. The van der Waals surface area contributed by atoms with Gasteiger partial charge in [0.2, 0.25) is 6.10 Å². The van der Waals surface area contributed by atoms with Gasteiger partial charge in [0, 0.05) is 12.2 Å². The minimum absolute atomic E-state index is 0.00753. The van der Waals surface area contributed by atoms with Gasteiger partial charge in [-0.05, 0) is 31.2 Å². The normalized spacial score (nSPS) is 15.8. The number of benzene rings is 2. The summed E-state index contributed by atoms with van der Waals surface area (Å²) in [6, 6.07) is 18.0. The number of hydrogen-bond donors (Lipinski definition) is 0. The van der Waals surface area contributed by atoms with E-state index in [4.69, 9.17) is 19.5 Å². The number of anilines is 1. The van der Waals surface area contributed by atoms with Crippen LogP contribution in [0.2, 0.25) is 0 Å². The quantitative estimate of drug-likeness (QED) is 0.716. The highest BCUT2D eigenvalue weighted by Gasteiger charge is 2.32. The molecule has 0 saturated heterocycles. The lowest BCUT2D eigenvalue weighted by Gasteiger charge is -2.28. The number of carbonyl (C=O) groups is 2. The summed E-state index contributed by atoms with van der Waals surface area (Å²) in [6.07, 6.45) is -1.82. The van der Waals surface area contributed by atoms with Crippen LogP contribution in [-0.4, -0.2) is 37.2 Å². The van der Waals surface area contributed by atoms with Crippen LogP contribution in [0.4, 0.5) is 5.69 Å². The van der Waals surface area contributed by atoms with E-state index in [0.29, 0.717) is 17.2 Å². The van der Waals surface area contributed by atoms with E-state index in [1.807, 2.05) is 12.1 Å². The van der Waals surface area contributed by atoms with E-state index in [1.54, 1.807) is 48.5 Å². The predicted molar refractivity (Wildman–Crippen MR) is 101 cm³/mol. The molecule has 28 heavy (non-hydrogen) atoms. The maximum Gasteiger partial charge on any atom is 0.351 e. The number of fused-ring (bicyclic) bond motifs is 1. The first-order valence-corrected chi connectivity index (χ1v) is 8.92. The zero-order valence-electron chi connectivity index (χ0n) is 15.4. The fraction of sp³-hybridized carbons (Fsp3) is 0.286. The van der Waals surface area contributed by atoms with Gasteiger partial charge in [-0.3, -0.25) is 4.79 Å². The third kappa shape index (κ3) is 4.41. The third-order valence-corrected chi connectivity index (χ3v) is 4.19. The fourth-order valence-electron chi connectivity index (χ4n) is 2.79. The smallest absolute Gasteiger partial charge is 0.351 e. The van der Waals surface area contributed by atoms with Crippen LogP contribution in [0, 0.1) is 11.3 Å². The summed E-state index contributed by atoms with van der Waals surface area (Å²) in [7, 11) is 0. The monoisotopic (exact) mass is 380 g/mol. The standard InChI is InChI=1S/C21H20N2O5/c1-15(20(24)23(13-7-12-22)16-8-3-2-4-9-16)27-21(25)19-14-26-17-10-5-6-11-18(17)28-19/h2-6,8-11,15,19H,7,13-14H2,1H3. The molecule has 1 aliphatic rings. The van der Waals surface area contributed by atoms with Gasteiger partial charge < -0.3 is 19.1 Å². The number of para-hydroxylation sites is 3. The lowest BCUT2D eigenvalue weighted by Crippen LogP contribution is -2.44.